The molecule has 0 bridgehead atoms. The number of methoxy groups -OCH3 is 3. The number of benzene rings is 2. The Hall–Kier alpha value is -2.82. The average molecular weight is 328 g/mol. The highest BCUT2D eigenvalue weighted by molar-refractivity contribution is 5.92. The van der Waals surface area contributed by atoms with Gasteiger partial charge in [0.2, 0.25) is 0 Å². The molecule has 2 rings (SSSR count). The van der Waals surface area contributed by atoms with Gasteiger partial charge in [0.05, 0.1) is 26.9 Å². The lowest BCUT2D eigenvalue weighted by Crippen LogP contribution is -2.05. The number of hydrogen-bond donors (Lipinski definition) is 0. The zero-order valence-corrected chi connectivity index (χ0v) is 14.0. The molecular formula is C19H20O5. The normalized spacial score (nSPS) is 10.1. The van der Waals surface area contributed by atoms with E-state index in [2.05, 4.69) is 4.74 Å². The number of hydrogen-bond acceptors (Lipinski definition) is 5. The second-order valence-electron chi connectivity index (χ2n) is 5.21. The van der Waals surface area contributed by atoms with Crippen LogP contribution in [0.15, 0.2) is 42.5 Å². The van der Waals surface area contributed by atoms with Crippen LogP contribution in [0.2, 0.25) is 0 Å². The van der Waals surface area contributed by atoms with Gasteiger partial charge in [-0.25, -0.2) is 9.59 Å². The number of carbonyl (C=O) groups excluding carboxylic acids is 2. The lowest BCUT2D eigenvalue weighted by Gasteiger charge is -2.09. The van der Waals surface area contributed by atoms with Crippen molar-refractivity contribution in [3.63, 3.8) is 0 Å². The Labute approximate surface area is 141 Å². The molecule has 2 aromatic carbocycles. The Kier molecular flexibility index (Phi) is 5.95. The molecule has 0 aliphatic carbocycles. The quantitative estimate of drug-likeness (QED) is 0.763. The molecule has 0 fully saturated rings. The van der Waals surface area contributed by atoms with E-state index < -0.39 is 5.97 Å². The number of carbonyl (C=O) groups is 2. The van der Waals surface area contributed by atoms with Gasteiger partial charge >= 0.3 is 11.9 Å². The van der Waals surface area contributed by atoms with Crippen molar-refractivity contribution in [1.82, 2.24) is 0 Å². The summed E-state index contributed by atoms with van der Waals surface area (Å²) in [4.78, 5) is 23.1. The highest BCUT2D eigenvalue weighted by Crippen LogP contribution is 2.22. The van der Waals surface area contributed by atoms with Crippen molar-refractivity contribution in [3.05, 3.63) is 64.7 Å². The molecule has 2 aromatic rings. The van der Waals surface area contributed by atoms with Crippen molar-refractivity contribution in [2.75, 3.05) is 21.3 Å². The molecule has 0 N–H and O–H groups in total. The van der Waals surface area contributed by atoms with E-state index >= 15 is 0 Å². The van der Waals surface area contributed by atoms with Crippen LogP contribution in [0.4, 0.5) is 0 Å². The molecule has 5 heteroatoms. The standard InChI is InChI=1S/C19H20O5/c1-22-17-12-14(8-11-16(17)19(21)24-3)5-4-13-6-9-15(10-7-13)18(20)23-2/h6-12H,4-5H2,1-3H3. The van der Waals surface area contributed by atoms with Gasteiger partial charge in [0.1, 0.15) is 11.3 Å². The first-order valence-electron chi connectivity index (χ1n) is 7.51. The highest BCUT2D eigenvalue weighted by atomic mass is 16.5. The van der Waals surface area contributed by atoms with Gasteiger partial charge < -0.3 is 14.2 Å². The highest BCUT2D eigenvalue weighted by Gasteiger charge is 2.13. The van der Waals surface area contributed by atoms with Crippen molar-refractivity contribution in [3.8, 4) is 5.75 Å². The molecule has 0 unspecified atom stereocenters. The predicted molar refractivity (Wildman–Crippen MR) is 89.5 cm³/mol. The maximum atomic E-state index is 11.7. The van der Waals surface area contributed by atoms with E-state index in [9.17, 15) is 9.59 Å². The third-order valence-electron chi connectivity index (χ3n) is 3.75. The van der Waals surface area contributed by atoms with Crippen LogP contribution >= 0.6 is 0 Å². The molecule has 0 aliphatic heterocycles. The van der Waals surface area contributed by atoms with Gasteiger partial charge in [-0.2, -0.15) is 0 Å². The van der Waals surface area contributed by atoms with Crippen molar-refractivity contribution < 1.29 is 23.8 Å². The van der Waals surface area contributed by atoms with Crippen LogP contribution in [0, 0.1) is 0 Å². The van der Waals surface area contributed by atoms with Crippen molar-refractivity contribution in [2.45, 2.75) is 12.8 Å². The van der Waals surface area contributed by atoms with Gasteiger partial charge in [0.15, 0.2) is 0 Å². The molecule has 0 spiro atoms. The molecule has 0 saturated heterocycles. The molecular weight excluding hydrogens is 308 g/mol. The number of ether oxygens (including phenoxy) is 3. The van der Waals surface area contributed by atoms with Crippen LogP contribution < -0.4 is 4.74 Å². The minimum Gasteiger partial charge on any atom is -0.496 e. The van der Waals surface area contributed by atoms with Gasteiger partial charge in [0, 0.05) is 0 Å². The van der Waals surface area contributed by atoms with E-state index in [0.717, 1.165) is 24.0 Å². The van der Waals surface area contributed by atoms with Gasteiger partial charge in [-0.1, -0.05) is 18.2 Å². The zero-order valence-electron chi connectivity index (χ0n) is 14.0. The molecule has 0 heterocycles. The number of rotatable bonds is 6. The Balaban J connectivity index is 2.06. The monoisotopic (exact) mass is 328 g/mol. The van der Waals surface area contributed by atoms with Crippen LogP contribution in [-0.2, 0) is 22.3 Å². The molecule has 126 valence electrons. The molecule has 0 aliphatic rings. The summed E-state index contributed by atoms with van der Waals surface area (Å²) >= 11 is 0. The fourth-order valence-corrected chi connectivity index (χ4v) is 2.38. The predicted octanol–water partition coefficient (Wildman–Crippen LogP) is 3.05. The summed E-state index contributed by atoms with van der Waals surface area (Å²) in [6.07, 6.45) is 1.59. The molecule has 0 atom stereocenters. The van der Waals surface area contributed by atoms with E-state index in [1.807, 2.05) is 24.3 Å². The summed E-state index contributed by atoms with van der Waals surface area (Å²) in [6.45, 7) is 0. The van der Waals surface area contributed by atoms with Crippen LogP contribution in [0.25, 0.3) is 0 Å². The fraction of sp³-hybridized carbons (Fsp3) is 0.263. The minimum absolute atomic E-state index is 0.343. The van der Waals surface area contributed by atoms with E-state index in [0.29, 0.717) is 16.9 Å². The van der Waals surface area contributed by atoms with E-state index in [1.165, 1.54) is 21.3 Å². The van der Waals surface area contributed by atoms with Crippen LogP contribution in [0.3, 0.4) is 0 Å². The molecule has 0 saturated carbocycles. The zero-order chi connectivity index (χ0) is 17.5. The minimum atomic E-state index is -0.420. The first kappa shape index (κ1) is 17.5. The third kappa shape index (κ3) is 4.13. The van der Waals surface area contributed by atoms with Crippen molar-refractivity contribution in [1.29, 1.82) is 0 Å². The third-order valence-corrected chi connectivity index (χ3v) is 3.75. The average Bonchev–Trinajstić information content (AvgIpc) is 2.65. The lowest BCUT2D eigenvalue weighted by atomic mass is 10.0. The maximum Gasteiger partial charge on any atom is 0.341 e. The molecule has 0 radical (unpaired) electrons. The Morgan fingerprint density at radius 2 is 1.38 bits per heavy atom. The summed E-state index contributed by atoms with van der Waals surface area (Å²) in [5, 5.41) is 0. The molecule has 0 aromatic heterocycles. The second-order valence-corrected chi connectivity index (χ2v) is 5.21. The summed E-state index contributed by atoms with van der Waals surface area (Å²) in [5.41, 5.74) is 3.10. The summed E-state index contributed by atoms with van der Waals surface area (Å²) in [5.74, 6) is -0.262. The van der Waals surface area contributed by atoms with Gasteiger partial charge in [-0.05, 0) is 48.2 Å². The Bertz CT molecular complexity index is 719. The fourth-order valence-electron chi connectivity index (χ4n) is 2.38. The van der Waals surface area contributed by atoms with Gasteiger partial charge in [-0.15, -0.1) is 0 Å². The summed E-state index contributed by atoms with van der Waals surface area (Å²) in [6, 6.07) is 12.8. The van der Waals surface area contributed by atoms with E-state index in [1.54, 1.807) is 18.2 Å². The Morgan fingerprint density at radius 3 is 1.96 bits per heavy atom. The first-order valence-corrected chi connectivity index (χ1v) is 7.51. The van der Waals surface area contributed by atoms with Crippen molar-refractivity contribution >= 4 is 11.9 Å². The van der Waals surface area contributed by atoms with Crippen LogP contribution in [0.5, 0.6) is 5.75 Å². The maximum absolute atomic E-state index is 11.7. The van der Waals surface area contributed by atoms with Crippen molar-refractivity contribution in [2.24, 2.45) is 0 Å². The van der Waals surface area contributed by atoms with Crippen LogP contribution in [-0.4, -0.2) is 33.3 Å². The smallest absolute Gasteiger partial charge is 0.341 e. The van der Waals surface area contributed by atoms with Gasteiger partial charge in [-0.3, -0.25) is 0 Å². The lowest BCUT2D eigenvalue weighted by molar-refractivity contribution is 0.0589. The SMILES string of the molecule is COC(=O)c1ccc(CCc2ccc(C(=O)OC)c(OC)c2)cc1. The van der Waals surface area contributed by atoms with Gasteiger partial charge in [0.25, 0.3) is 0 Å². The first-order chi connectivity index (χ1) is 11.6. The molecule has 5 nitrogen and oxygen atoms in total. The summed E-state index contributed by atoms with van der Waals surface area (Å²) < 4.78 is 14.7. The Morgan fingerprint density at radius 1 is 0.792 bits per heavy atom. The molecule has 24 heavy (non-hydrogen) atoms. The summed E-state index contributed by atoms with van der Waals surface area (Å²) in [7, 11) is 4.23. The molecule has 0 amide bonds. The van der Waals surface area contributed by atoms with E-state index in [-0.39, 0.29) is 5.97 Å². The van der Waals surface area contributed by atoms with Crippen LogP contribution in [0.1, 0.15) is 31.8 Å². The van der Waals surface area contributed by atoms with E-state index in [4.69, 9.17) is 9.47 Å². The largest absolute Gasteiger partial charge is 0.496 e. The second kappa shape index (κ2) is 8.15. The topological polar surface area (TPSA) is 61.8 Å². The number of aryl methyl sites for hydroxylation is 2. The number of esters is 2.